The van der Waals surface area contributed by atoms with Crippen molar-refractivity contribution in [1.82, 2.24) is 5.32 Å². The Morgan fingerprint density at radius 2 is 1.86 bits per heavy atom. The van der Waals surface area contributed by atoms with Crippen LogP contribution < -0.4 is 15.0 Å². The molecule has 29 heavy (non-hydrogen) atoms. The smallest absolute Gasteiger partial charge is 0.335 e. The fraction of sp³-hybridized carbons (Fsp3) is 0.100. The van der Waals surface area contributed by atoms with Crippen LogP contribution in [0.5, 0.6) is 11.5 Å². The number of hydrogen-bond acceptors (Lipinski definition) is 6. The van der Waals surface area contributed by atoms with E-state index in [9.17, 15) is 28.7 Å². The van der Waals surface area contributed by atoms with E-state index in [4.69, 9.17) is 4.74 Å². The summed E-state index contributed by atoms with van der Waals surface area (Å²) in [6.45, 7) is 0. The number of nitrogens with one attached hydrogen (secondary N) is 1. The highest BCUT2D eigenvalue weighted by molar-refractivity contribution is 6.36. The third-order valence-electron chi connectivity index (χ3n) is 4.18. The summed E-state index contributed by atoms with van der Waals surface area (Å²) >= 11 is 0. The number of phenols is 1. The summed E-state index contributed by atoms with van der Waals surface area (Å²) in [5.41, 5.74) is 0.495. The molecule has 1 fully saturated rings. The van der Waals surface area contributed by atoms with E-state index in [-0.39, 0.29) is 17.2 Å². The van der Waals surface area contributed by atoms with Gasteiger partial charge in [-0.2, -0.15) is 0 Å². The zero-order chi connectivity index (χ0) is 21.1. The minimum atomic E-state index is -1.77. The molecule has 1 atom stereocenters. The van der Waals surface area contributed by atoms with Crippen molar-refractivity contribution < 1.29 is 33.4 Å². The molecule has 3 rings (SSSR count). The molecule has 0 aromatic heterocycles. The minimum Gasteiger partial charge on any atom is -0.504 e. The zero-order valence-electron chi connectivity index (χ0n) is 15.1. The van der Waals surface area contributed by atoms with E-state index in [1.165, 1.54) is 43.5 Å². The number of urea groups is 1. The Labute approximate surface area is 164 Å². The summed E-state index contributed by atoms with van der Waals surface area (Å²) in [5, 5.41) is 11.5. The van der Waals surface area contributed by atoms with Gasteiger partial charge in [0.25, 0.3) is 5.91 Å². The van der Waals surface area contributed by atoms with Gasteiger partial charge in [0, 0.05) is 0 Å². The molecule has 2 N–H and O–H groups in total. The molecule has 0 saturated carbocycles. The molecule has 9 heteroatoms. The fourth-order valence-corrected chi connectivity index (χ4v) is 2.73. The van der Waals surface area contributed by atoms with Crippen molar-refractivity contribution >= 4 is 35.4 Å². The third kappa shape index (κ3) is 3.98. The van der Waals surface area contributed by atoms with Crippen LogP contribution in [0.2, 0.25) is 0 Å². The number of nitrogens with zero attached hydrogens (tertiary/aromatic N) is 1. The van der Waals surface area contributed by atoms with Gasteiger partial charge in [-0.3, -0.25) is 19.7 Å². The summed E-state index contributed by atoms with van der Waals surface area (Å²) in [6.07, 6.45) is 2.36. The number of ketones is 1. The Bertz CT molecular complexity index is 1030. The van der Waals surface area contributed by atoms with Gasteiger partial charge in [-0.15, -0.1) is 0 Å². The lowest BCUT2D eigenvalue weighted by atomic mass is 9.98. The van der Waals surface area contributed by atoms with Gasteiger partial charge in [0.15, 0.2) is 23.2 Å². The molecule has 0 spiro atoms. The second-order valence-electron chi connectivity index (χ2n) is 6.04. The molecule has 0 bridgehead atoms. The first-order valence-electron chi connectivity index (χ1n) is 8.35. The van der Waals surface area contributed by atoms with Crippen molar-refractivity contribution in [2.45, 2.75) is 0 Å². The maximum atomic E-state index is 13.1. The first-order chi connectivity index (χ1) is 13.8. The van der Waals surface area contributed by atoms with E-state index in [1.807, 2.05) is 5.32 Å². The van der Waals surface area contributed by atoms with Gasteiger partial charge in [-0.05, 0) is 48.0 Å². The number of amides is 4. The summed E-state index contributed by atoms with van der Waals surface area (Å²) in [7, 11) is 1.36. The van der Waals surface area contributed by atoms with Crippen molar-refractivity contribution in [3.05, 3.63) is 59.9 Å². The van der Waals surface area contributed by atoms with Gasteiger partial charge in [0.2, 0.25) is 5.91 Å². The van der Waals surface area contributed by atoms with Crippen LogP contribution in [0, 0.1) is 11.7 Å². The van der Waals surface area contributed by atoms with Crippen molar-refractivity contribution in [1.29, 1.82) is 0 Å². The van der Waals surface area contributed by atoms with Crippen LogP contribution in [-0.4, -0.2) is 35.8 Å². The van der Waals surface area contributed by atoms with Gasteiger partial charge in [0.05, 0.1) is 12.8 Å². The Balaban J connectivity index is 1.85. The molecule has 1 heterocycles. The van der Waals surface area contributed by atoms with Crippen LogP contribution in [0.25, 0.3) is 6.08 Å². The standard InChI is InChI=1S/C20H15FN2O6/c1-29-16-10-11(2-8-14(16)24)3-9-15(25)17-18(26)22-20(28)23(19(17)27)13-6-4-12(21)5-7-13/h2-10,17,24H,1H3,(H,22,26,28)/b9-3+. The topological polar surface area (TPSA) is 113 Å². The summed E-state index contributed by atoms with van der Waals surface area (Å²) in [5.74, 6) is -5.19. The van der Waals surface area contributed by atoms with Gasteiger partial charge in [0.1, 0.15) is 5.82 Å². The number of imide groups is 2. The first kappa shape index (κ1) is 19.7. The Morgan fingerprint density at radius 3 is 2.52 bits per heavy atom. The van der Waals surface area contributed by atoms with Gasteiger partial charge < -0.3 is 9.84 Å². The predicted molar refractivity (Wildman–Crippen MR) is 99.6 cm³/mol. The van der Waals surface area contributed by atoms with Crippen molar-refractivity contribution in [2.24, 2.45) is 5.92 Å². The van der Waals surface area contributed by atoms with Crippen LogP contribution in [0.3, 0.4) is 0 Å². The second kappa shape index (κ2) is 7.93. The van der Waals surface area contributed by atoms with Crippen LogP contribution in [0.15, 0.2) is 48.5 Å². The highest BCUT2D eigenvalue weighted by atomic mass is 19.1. The number of carbonyl (C=O) groups is 4. The SMILES string of the molecule is COc1cc(/C=C/C(=O)C2C(=O)NC(=O)N(c3ccc(F)cc3)C2=O)ccc1O. The van der Waals surface area contributed by atoms with E-state index in [0.717, 1.165) is 18.2 Å². The maximum absolute atomic E-state index is 13.1. The molecule has 0 radical (unpaired) electrons. The van der Waals surface area contributed by atoms with Gasteiger partial charge in [-0.1, -0.05) is 12.1 Å². The first-order valence-corrected chi connectivity index (χ1v) is 8.35. The van der Waals surface area contributed by atoms with E-state index >= 15 is 0 Å². The largest absolute Gasteiger partial charge is 0.504 e. The quantitative estimate of drug-likeness (QED) is 0.589. The number of barbiturate groups is 1. The Hall–Kier alpha value is -4.01. The number of allylic oxidation sites excluding steroid dienone is 1. The number of aromatic hydroxyl groups is 1. The van der Waals surface area contributed by atoms with Crippen LogP contribution in [-0.2, 0) is 14.4 Å². The molecule has 4 amide bonds. The molecule has 2 aromatic carbocycles. The highest BCUT2D eigenvalue weighted by Crippen LogP contribution is 2.27. The maximum Gasteiger partial charge on any atom is 0.335 e. The number of halogens is 1. The number of methoxy groups -OCH3 is 1. The molecule has 1 saturated heterocycles. The van der Waals surface area contributed by atoms with Crippen molar-refractivity contribution in [3.8, 4) is 11.5 Å². The van der Waals surface area contributed by atoms with Crippen molar-refractivity contribution in [3.63, 3.8) is 0 Å². The molecule has 2 aromatic rings. The Kier molecular flexibility index (Phi) is 5.40. The summed E-state index contributed by atoms with van der Waals surface area (Å²) in [4.78, 5) is 49.9. The van der Waals surface area contributed by atoms with Crippen molar-refractivity contribution in [2.75, 3.05) is 12.0 Å². The highest BCUT2D eigenvalue weighted by Gasteiger charge is 2.44. The van der Waals surface area contributed by atoms with Crippen LogP contribution in [0.4, 0.5) is 14.9 Å². The Morgan fingerprint density at radius 1 is 1.17 bits per heavy atom. The van der Waals surface area contributed by atoms with Crippen LogP contribution >= 0.6 is 0 Å². The molecular weight excluding hydrogens is 383 g/mol. The van der Waals surface area contributed by atoms with Gasteiger partial charge >= 0.3 is 6.03 Å². The average Bonchev–Trinajstić information content (AvgIpc) is 2.68. The monoisotopic (exact) mass is 398 g/mol. The van der Waals surface area contributed by atoms with Crippen LogP contribution in [0.1, 0.15) is 5.56 Å². The predicted octanol–water partition coefficient (Wildman–Crippen LogP) is 2.02. The normalized spacial score (nSPS) is 16.8. The molecular formula is C20H15FN2O6. The number of phenolic OH excluding ortho intramolecular Hbond substituents is 1. The summed E-state index contributed by atoms with van der Waals surface area (Å²) in [6, 6.07) is 7.74. The lowest BCUT2D eigenvalue weighted by Gasteiger charge is -2.28. The lowest BCUT2D eigenvalue weighted by Crippen LogP contribution is -2.60. The molecule has 1 aliphatic heterocycles. The number of ether oxygens (including phenoxy) is 1. The number of rotatable bonds is 5. The third-order valence-corrected chi connectivity index (χ3v) is 4.18. The fourth-order valence-electron chi connectivity index (χ4n) is 2.73. The minimum absolute atomic E-state index is 0.0199. The number of anilines is 1. The average molecular weight is 398 g/mol. The molecule has 8 nitrogen and oxygen atoms in total. The van der Waals surface area contributed by atoms with Gasteiger partial charge in [-0.25, -0.2) is 14.1 Å². The zero-order valence-corrected chi connectivity index (χ0v) is 15.1. The lowest BCUT2D eigenvalue weighted by molar-refractivity contribution is -0.139. The summed E-state index contributed by atoms with van der Waals surface area (Å²) < 4.78 is 18.1. The van der Waals surface area contributed by atoms with E-state index < -0.39 is 35.4 Å². The molecule has 0 aliphatic carbocycles. The second-order valence-corrected chi connectivity index (χ2v) is 6.04. The van der Waals surface area contributed by atoms with E-state index in [2.05, 4.69) is 0 Å². The van der Waals surface area contributed by atoms with E-state index in [1.54, 1.807) is 0 Å². The number of benzene rings is 2. The molecule has 1 unspecified atom stereocenters. The number of hydrogen-bond donors (Lipinski definition) is 2. The molecule has 148 valence electrons. The van der Waals surface area contributed by atoms with E-state index in [0.29, 0.717) is 10.5 Å². The molecule has 1 aliphatic rings. The number of carbonyl (C=O) groups excluding carboxylic acids is 4.